The van der Waals surface area contributed by atoms with Crippen molar-refractivity contribution in [1.82, 2.24) is 0 Å². The minimum absolute atomic E-state index is 0.293. The Morgan fingerprint density at radius 3 is 2.41 bits per heavy atom. The average Bonchev–Trinajstić information content (AvgIpc) is 2.29. The Morgan fingerprint density at radius 1 is 1.29 bits per heavy atom. The third-order valence-electron chi connectivity index (χ3n) is 1.94. The molecule has 0 saturated heterocycles. The molecule has 0 aliphatic rings. The standard InChI is InChI=1S/C11H9F3O3/c1-2-17-10(16)11(13,14)9(15)7-5-3-4-6-8(7)12/h3-6H,2H2,1H3. The number of ether oxygens (including phenoxy) is 1. The van der Waals surface area contributed by atoms with Gasteiger partial charge in [0.25, 0.3) is 0 Å². The van der Waals surface area contributed by atoms with E-state index in [1.54, 1.807) is 0 Å². The Bertz CT molecular complexity index is 443. The summed E-state index contributed by atoms with van der Waals surface area (Å²) in [4.78, 5) is 22.2. The van der Waals surface area contributed by atoms with E-state index in [-0.39, 0.29) is 6.61 Å². The monoisotopic (exact) mass is 246 g/mol. The number of carbonyl (C=O) groups is 2. The molecule has 0 atom stereocenters. The second-order valence-electron chi connectivity index (χ2n) is 3.10. The molecule has 0 heterocycles. The molecule has 6 heteroatoms. The van der Waals surface area contributed by atoms with E-state index < -0.39 is 29.1 Å². The summed E-state index contributed by atoms with van der Waals surface area (Å²) in [6.07, 6.45) is 0. The van der Waals surface area contributed by atoms with Crippen LogP contribution in [-0.4, -0.2) is 24.3 Å². The maximum Gasteiger partial charge on any atom is 0.404 e. The van der Waals surface area contributed by atoms with Crippen molar-refractivity contribution in [3.8, 4) is 0 Å². The summed E-state index contributed by atoms with van der Waals surface area (Å²) < 4.78 is 43.7. The van der Waals surface area contributed by atoms with Crippen LogP contribution >= 0.6 is 0 Å². The molecule has 1 aromatic carbocycles. The lowest BCUT2D eigenvalue weighted by molar-refractivity contribution is -0.164. The van der Waals surface area contributed by atoms with Gasteiger partial charge >= 0.3 is 11.9 Å². The maximum atomic E-state index is 13.3. The van der Waals surface area contributed by atoms with E-state index in [4.69, 9.17) is 0 Å². The molecule has 0 N–H and O–H groups in total. The van der Waals surface area contributed by atoms with Crippen molar-refractivity contribution >= 4 is 11.8 Å². The molecule has 0 radical (unpaired) electrons. The molecule has 1 aromatic rings. The van der Waals surface area contributed by atoms with E-state index in [9.17, 15) is 22.8 Å². The van der Waals surface area contributed by atoms with Gasteiger partial charge in [-0.15, -0.1) is 0 Å². The first-order valence-electron chi connectivity index (χ1n) is 4.75. The Kier molecular flexibility index (Phi) is 3.88. The number of Topliss-reactive ketones (excluding diaryl/α,β-unsaturated/α-hetero) is 1. The van der Waals surface area contributed by atoms with Gasteiger partial charge in [-0.05, 0) is 19.1 Å². The fourth-order valence-electron chi connectivity index (χ4n) is 1.13. The third kappa shape index (κ3) is 2.64. The van der Waals surface area contributed by atoms with Crippen LogP contribution in [0.2, 0.25) is 0 Å². The minimum Gasteiger partial charge on any atom is -0.461 e. The summed E-state index contributed by atoms with van der Waals surface area (Å²) in [6, 6.07) is 4.20. The highest BCUT2D eigenvalue weighted by atomic mass is 19.3. The number of halogens is 3. The van der Waals surface area contributed by atoms with E-state index in [0.29, 0.717) is 0 Å². The van der Waals surface area contributed by atoms with Crippen LogP contribution in [0.3, 0.4) is 0 Å². The Labute approximate surface area is 95.2 Å². The number of benzene rings is 1. The second-order valence-corrected chi connectivity index (χ2v) is 3.10. The number of hydrogen-bond acceptors (Lipinski definition) is 3. The number of esters is 1. The number of ketones is 1. The molecule has 17 heavy (non-hydrogen) atoms. The van der Waals surface area contributed by atoms with Gasteiger partial charge in [0.05, 0.1) is 12.2 Å². The van der Waals surface area contributed by atoms with Crippen LogP contribution in [0.5, 0.6) is 0 Å². The number of rotatable bonds is 4. The number of alkyl halides is 2. The summed E-state index contributed by atoms with van der Waals surface area (Å²) >= 11 is 0. The fourth-order valence-corrected chi connectivity index (χ4v) is 1.13. The summed E-state index contributed by atoms with van der Waals surface area (Å²) in [5, 5.41) is 0. The molecule has 0 fully saturated rings. The Hall–Kier alpha value is -1.85. The van der Waals surface area contributed by atoms with Crippen molar-refractivity contribution in [2.75, 3.05) is 6.61 Å². The molecule has 0 aliphatic heterocycles. The lowest BCUT2D eigenvalue weighted by atomic mass is 10.1. The fraction of sp³-hybridized carbons (Fsp3) is 0.273. The van der Waals surface area contributed by atoms with E-state index in [0.717, 1.165) is 12.1 Å². The predicted molar refractivity (Wildman–Crippen MR) is 52.3 cm³/mol. The first kappa shape index (κ1) is 13.2. The van der Waals surface area contributed by atoms with Gasteiger partial charge in [-0.1, -0.05) is 12.1 Å². The molecule has 92 valence electrons. The van der Waals surface area contributed by atoms with Crippen molar-refractivity contribution in [3.63, 3.8) is 0 Å². The molecule has 0 spiro atoms. The van der Waals surface area contributed by atoms with Crippen molar-refractivity contribution in [2.45, 2.75) is 12.8 Å². The molecule has 3 nitrogen and oxygen atoms in total. The third-order valence-corrected chi connectivity index (χ3v) is 1.94. The molecule has 1 rings (SSSR count). The molecule has 0 bridgehead atoms. The maximum absolute atomic E-state index is 13.3. The smallest absolute Gasteiger partial charge is 0.404 e. The van der Waals surface area contributed by atoms with Gasteiger partial charge in [0.15, 0.2) is 0 Å². The predicted octanol–water partition coefficient (Wildman–Crippen LogP) is 2.21. The van der Waals surface area contributed by atoms with E-state index >= 15 is 0 Å². The zero-order chi connectivity index (χ0) is 13.1. The van der Waals surface area contributed by atoms with Crippen LogP contribution in [0.4, 0.5) is 13.2 Å². The van der Waals surface area contributed by atoms with Crippen LogP contribution in [-0.2, 0) is 9.53 Å². The van der Waals surface area contributed by atoms with Crippen LogP contribution in [0.25, 0.3) is 0 Å². The summed E-state index contributed by atoms with van der Waals surface area (Å²) in [5.74, 6) is -9.37. The van der Waals surface area contributed by atoms with Gasteiger partial charge in [-0.2, -0.15) is 8.78 Å². The first-order valence-corrected chi connectivity index (χ1v) is 4.75. The molecule has 0 unspecified atom stereocenters. The largest absolute Gasteiger partial charge is 0.461 e. The molecule has 0 saturated carbocycles. The molecular weight excluding hydrogens is 237 g/mol. The summed E-state index contributed by atoms with van der Waals surface area (Å²) in [7, 11) is 0. The van der Waals surface area contributed by atoms with Crippen LogP contribution in [0, 0.1) is 5.82 Å². The quantitative estimate of drug-likeness (QED) is 0.464. The van der Waals surface area contributed by atoms with Crippen molar-refractivity contribution in [2.24, 2.45) is 0 Å². The minimum atomic E-state index is -4.38. The van der Waals surface area contributed by atoms with Crippen molar-refractivity contribution < 1.29 is 27.5 Å². The van der Waals surface area contributed by atoms with Crippen LogP contribution < -0.4 is 0 Å². The summed E-state index contributed by atoms with van der Waals surface area (Å²) in [5.41, 5.74) is -0.842. The molecule has 0 amide bonds. The zero-order valence-corrected chi connectivity index (χ0v) is 8.88. The number of carbonyl (C=O) groups excluding carboxylic acids is 2. The van der Waals surface area contributed by atoms with Crippen molar-refractivity contribution in [3.05, 3.63) is 35.6 Å². The summed E-state index contributed by atoms with van der Waals surface area (Å²) in [6.45, 7) is 1.03. The highest BCUT2D eigenvalue weighted by Crippen LogP contribution is 2.23. The normalized spacial score (nSPS) is 11.1. The molecular formula is C11H9F3O3. The van der Waals surface area contributed by atoms with Gasteiger partial charge in [0, 0.05) is 0 Å². The lowest BCUT2D eigenvalue weighted by Gasteiger charge is -2.13. The van der Waals surface area contributed by atoms with Gasteiger partial charge < -0.3 is 4.74 Å². The van der Waals surface area contributed by atoms with E-state index in [2.05, 4.69) is 4.74 Å². The van der Waals surface area contributed by atoms with Gasteiger partial charge in [0.2, 0.25) is 5.78 Å². The van der Waals surface area contributed by atoms with Crippen LogP contribution in [0.15, 0.2) is 24.3 Å². The van der Waals surface area contributed by atoms with Gasteiger partial charge in [0.1, 0.15) is 5.82 Å². The second kappa shape index (κ2) is 4.99. The van der Waals surface area contributed by atoms with Gasteiger partial charge in [-0.3, -0.25) is 4.79 Å². The topological polar surface area (TPSA) is 43.4 Å². The SMILES string of the molecule is CCOC(=O)C(F)(F)C(=O)c1ccccc1F. The Morgan fingerprint density at radius 2 is 1.88 bits per heavy atom. The zero-order valence-electron chi connectivity index (χ0n) is 8.88. The Balaban J connectivity index is 3.05. The highest BCUT2D eigenvalue weighted by Gasteiger charge is 2.49. The van der Waals surface area contributed by atoms with Crippen molar-refractivity contribution in [1.29, 1.82) is 0 Å². The molecule has 0 aromatic heterocycles. The average molecular weight is 246 g/mol. The van der Waals surface area contributed by atoms with Crippen LogP contribution in [0.1, 0.15) is 17.3 Å². The first-order chi connectivity index (χ1) is 7.91. The molecule has 0 aliphatic carbocycles. The van der Waals surface area contributed by atoms with Gasteiger partial charge in [-0.25, -0.2) is 9.18 Å². The van der Waals surface area contributed by atoms with E-state index in [1.807, 2.05) is 0 Å². The highest BCUT2D eigenvalue weighted by molar-refractivity contribution is 6.13. The number of hydrogen-bond donors (Lipinski definition) is 0. The lowest BCUT2D eigenvalue weighted by Crippen LogP contribution is -2.39. The van der Waals surface area contributed by atoms with E-state index in [1.165, 1.54) is 19.1 Å².